The van der Waals surface area contributed by atoms with Crippen LogP contribution < -0.4 is 16.2 Å². The van der Waals surface area contributed by atoms with Crippen LogP contribution in [0, 0.1) is 0 Å². The van der Waals surface area contributed by atoms with Gasteiger partial charge in [0.15, 0.2) is 0 Å². The average Bonchev–Trinajstić information content (AvgIpc) is 2.70. The number of urea groups is 1. The number of hydrogen-bond acceptors (Lipinski definition) is 7. The summed E-state index contributed by atoms with van der Waals surface area (Å²) in [6, 6.07) is 6.35. The van der Waals surface area contributed by atoms with Crippen LogP contribution >= 0.6 is 0 Å². The van der Waals surface area contributed by atoms with Gasteiger partial charge in [-0.25, -0.2) is 14.3 Å². The van der Waals surface area contributed by atoms with E-state index in [0.717, 1.165) is 0 Å². The van der Waals surface area contributed by atoms with Crippen LogP contribution in [0.2, 0.25) is 0 Å². The van der Waals surface area contributed by atoms with E-state index in [1.54, 1.807) is 31.2 Å². The Kier molecular flexibility index (Phi) is 5.91. The monoisotopic (exact) mass is 400 g/mol. The minimum atomic E-state index is -0.621. The smallest absolute Gasteiger partial charge is 0.337 e. The minimum Gasteiger partial charge on any atom is -0.463 e. The molecular formula is C19H20N4O6. The van der Waals surface area contributed by atoms with E-state index >= 15 is 0 Å². The number of amides is 2. The predicted octanol–water partition coefficient (Wildman–Crippen LogP) is 0.149. The number of aryl methyl sites for hydroxylation is 1. The number of carbonyl (C=O) groups excluding carboxylic acids is 3. The Balaban J connectivity index is 1.77. The van der Waals surface area contributed by atoms with Gasteiger partial charge >= 0.3 is 18.0 Å². The van der Waals surface area contributed by atoms with Crippen LogP contribution in [0.3, 0.4) is 0 Å². The first-order valence-electron chi connectivity index (χ1n) is 8.95. The molecule has 10 nitrogen and oxygen atoms in total. The van der Waals surface area contributed by atoms with Crippen molar-refractivity contribution >= 4 is 28.7 Å². The molecule has 0 aliphatic carbocycles. The fourth-order valence-electron chi connectivity index (χ4n) is 2.92. The van der Waals surface area contributed by atoms with Crippen molar-refractivity contribution in [3.8, 4) is 0 Å². The van der Waals surface area contributed by atoms with Crippen LogP contribution in [-0.2, 0) is 32.5 Å². The van der Waals surface area contributed by atoms with Gasteiger partial charge in [-0.3, -0.25) is 9.59 Å². The van der Waals surface area contributed by atoms with E-state index in [2.05, 4.69) is 15.7 Å². The normalized spacial score (nSPS) is 13.7. The molecule has 10 heteroatoms. The Morgan fingerprint density at radius 1 is 1.17 bits per heavy atom. The number of nitrogens with one attached hydrogen (secondary N) is 2. The summed E-state index contributed by atoms with van der Waals surface area (Å²) in [5.41, 5.74) is 0.477. The molecule has 2 amide bonds. The van der Waals surface area contributed by atoms with Crippen molar-refractivity contribution in [3.05, 3.63) is 51.6 Å². The predicted molar refractivity (Wildman–Crippen MR) is 102 cm³/mol. The fourth-order valence-corrected chi connectivity index (χ4v) is 2.92. The quantitative estimate of drug-likeness (QED) is 0.661. The van der Waals surface area contributed by atoms with Crippen molar-refractivity contribution in [2.45, 2.75) is 13.3 Å². The number of carbonyl (C=O) groups is 3. The Bertz CT molecular complexity index is 1070. The van der Waals surface area contributed by atoms with E-state index in [4.69, 9.17) is 9.47 Å². The lowest BCUT2D eigenvalue weighted by Gasteiger charge is -2.21. The number of aromatic nitrogens is 2. The number of rotatable bonds is 6. The SMILES string of the molecule is CCOC(=O)C1=C(COC(=O)Cc2nn(C)c(=O)c3ccccc23)NC(=O)NC1. The standard InChI is InChI=1S/C19H20N4O6/c1-3-28-18(26)13-9-20-19(27)21-15(13)10-29-16(24)8-14-11-6-4-5-7-12(11)17(25)23(2)22-14/h4-7H,3,8-10H2,1-2H3,(H2,20,21,27). The zero-order valence-electron chi connectivity index (χ0n) is 16.0. The Morgan fingerprint density at radius 3 is 2.62 bits per heavy atom. The number of nitrogens with zero attached hydrogens (tertiary/aromatic N) is 2. The molecule has 0 radical (unpaired) electrons. The molecule has 1 aromatic heterocycles. The van der Waals surface area contributed by atoms with Crippen molar-refractivity contribution in [2.75, 3.05) is 19.8 Å². The van der Waals surface area contributed by atoms with E-state index < -0.39 is 18.0 Å². The topological polar surface area (TPSA) is 129 Å². The lowest BCUT2D eigenvalue weighted by molar-refractivity contribution is -0.143. The Morgan fingerprint density at radius 2 is 1.90 bits per heavy atom. The van der Waals surface area contributed by atoms with Crippen LogP contribution in [0.1, 0.15) is 12.6 Å². The van der Waals surface area contributed by atoms with Crippen molar-refractivity contribution in [2.24, 2.45) is 7.05 Å². The van der Waals surface area contributed by atoms with Gasteiger partial charge in [-0.15, -0.1) is 0 Å². The summed E-state index contributed by atoms with van der Waals surface area (Å²) in [4.78, 5) is 48.1. The maximum atomic E-state index is 12.4. The second-order valence-electron chi connectivity index (χ2n) is 6.24. The van der Waals surface area contributed by atoms with E-state index in [9.17, 15) is 19.2 Å². The van der Waals surface area contributed by atoms with Crippen LogP contribution in [0.15, 0.2) is 40.3 Å². The van der Waals surface area contributed by atoms with E-state index in [0.29, 0.717) is 16.5 Å². The van der Waals surface area contributed by atoms with Crippen molar-refractivity contribution in [1.82, 2.24) is 20.4 Å². The largest absolute Gasteiger partial charge is 0.463 e. The second-order valence-corrected chi connectivity index (χ2v) is 6.24. The molecule has 152 valence electrons. The molecule has 0 bridgehead atoms. The first-order chi connectivity index (χ1) is 13.9. The van der Waals surface area contributed by atoms with Crippen molar-refractivity contribution in [1.29, 1.82) is 0 Å². The maximum Gasteiger partial charge on any atom is 0.337 e. The second kappa shape index (κ2) is 8.55. The number of esters is 2. The molecular weight excluding hydrogens is 380 g/mol. The van der Waals surface area contributed by atoms with Gasteiger partial charge in [0.1, 0.15) is 6.61 Å². The molecule has 0 fully saturated rings. The number of ether oxygens (including phenoxy) is 2. The molecule has 0 saturated carbocycles. The first-order valence-corrected chi connectivity index (χ1v) is 8.95. The highest BCUT2D eigenvalue weighted by Gasteiger charge is 2.24. The highest BCUT2D eigenvalue weighted by Crippen LogP contribution is 2.14. The molecule has 2 heterocycles. The summed E-state index contributed by atoms with van der Waals surface area (Å²) >= 11 is 0. The molecule has 0 atom stereocenters. The molecule has 29 heavy (non-hydrogen) atoms. The average molecular weight is 400 g/mol. The lowest BCUT2D eigenvalue weighted by atomic mass is 10.1. The van der Waals surface area contributed by atoms with Gasteiger partial charge in [0, 0.05) is 12.4 Å². The van der Waals surface area contributed by atoms with Crippen LogP contribution in [0.5, 0.6) is 0 Å². The van der Waals surface area contributed by atoms with Crippen LogP contribution in [-0.4, -0.2) is 47.5 Å². The van der Waals surface area contributed by atoms with Gasteiger partial charge in [0.2, 0.25) is 0 Å². The molecule has 1 aromatic carbocycles. The van der Waals surface area contributed by atoms with E-state index in [1.807, 2.05) is 0 Å². The summed E-state index contributed by atoms with van der Waals surface area (Å²) in [7, 11) is 1.50. The van der Waals surface area contributed by atoms with Gasteiger partial charge in [0.05, 0.1) is 41.9 Å². The molecule has 0 spiro atoms. The summed E-state index contributed by atoms with van der Waals surface area (Å²) < 4.78 is 11.4. The summed E-state index contributed by atoms with van der Waals surface area (Å²) in [6.45, 7) is 1.51. The number of benzene rings is 1. The molecule has 0 unspecified atom stereocenters. The van der Waals surface area contributed by atoms with Crippen molar-refractivity contribution < 1.29 is 23.9 Å². The number of fused-ring (bicyclic) bond motifs is 1. The third-order valence-corrected chi connectivity index (χ3v) is 4.30. The van der Waals surface area contributed by atoms with Gasteiger partial charge in [-0.2, -0.15) is 5.10 Å². The minimum absolute atomic E-state index is 0.0233. The third-order valence-electron chi connectivity index (χ3n) is 4.30. The van der Waals surface area contributed by atoms with E-state index in [-0.39, 0.29) is 43.0 Å². The third kappa shape index (κ3) is 4.42. The van der Waals surface area contributed by atoms with Gasteiger partial charge < -0.3 is 20.1 Å². The molecule has 3 rings (SSSR count). The summed E-state index contributed by atoms with van der Waals surface area (Å²) in [5.74, 6) is -1.22. The zero-order chi connectivity index (χ0) is 21.0. The van der Waals surface area contributed by atoms with Gasteiger partial charge in [-0.05, 0) is 13.0 Å². The highest BCUT2D eigenvalue weighted by atomic mass is 16.5. The van der Waals surface area contributed by atoms with Gasteiger partial charge in [-0.1, -0.05) is 18.2 Å². The number of hydrogen-bond donors (Lipinski definition) is 2. The van der Waals surface area contributed by atoms with Crippen LogP contribution in [0.25, 0.3) is 10.8 Å². The lowest BCUT2D eigenvalue weighted by Crippen LogP contribution is -2.45. The van der Waals surface area contributed by atoms with Crippen molar-refractivity contribution in [3.63, 3.8) is 0 Å². The van der Waals surface area contributed by atoms with Crippen LogP contribution in [0.4, 0.5) is 4.79 Å². The first kappa shape index (κ1) is 20.1. The molecule has 2 aromatic rings. The summed E-state index contributed by atoms with van der Waals surface area (Å²) in [5, 5.41) is 10.1. The zero-order valence-corrected chi connectivity index (χ0v) is 16.0. The molecule has 2 N–H and O–H groups in total. The maximum absolute atomic E-state index is 12.4. The highest BCUT2D eigenvalue weighted by molar-refractivity contribution is 5.94. The Labute approximate surface area is 165 Å². The molecule has 0 saturated heterocycles. The fraction of sp³-hybridized carbons (Fsp3) is 0.316. The molecule has 1 aliphatic heterocycles. The summed E-state index contributed by atoms with van der Waals surface area (Å²) in [6.07, 6.45) is -0.178. The Hall–Kier alpha value is -3.69. The molecule has 1 aliphatic rings. The van der Waals surface area contributed by atoms with Gasteiger partial charge in [0.25, 0.3) is 5.56 Å². The van der Waals surface area contributed by atoms with E-state index in [1.165, 1.54) is 11.7 Å².